The average Bonchev–Trinajstić information content (AvgIpc) is 2.99. The highest BCUT2D eigenvalue weighted by Crippen LogP contribution is 2.27. The summed E-state index contributed by atoms with van der Waals surface area (Å²) in [6, 6.07) is 3.21. The summed E-state index contributed by atoms with van der Waals surface area (Å²) in [5.74, 6) is -2.82. The van der Waals surface area contributed by atoms with Crippen molar-refractivity contribution in [2.24, 2.45) is 0 Å². The molecule has 0 radical (unpaired) electrons. The highest BCUT2D eigenvalue weighted by molar-refractivity contribution is 7.08. The van der Waals surface area contributed by atoms with Crippen LogP contribution in [0.4, 0.5) is 0 Å². The Morgan fingerprint density at radius 3 is 2.67 bits per heavy atom. The molecule has 6 heteroatoms. The van der Waals surface area contributed by atoms with Crippen molar-refractivity contribution >= 4 is 23.1 Å². The molecule has 0 fully saturated rings. The third-order valence-corrected chi connectivity index (χ3v) is 2.88. The summed E-state index contributed by atoms with van der Waals surface area (Å²) in [7, 11) is 0. The number of allylic oxidation sites excluding steroid dienone is 1. The molecule has 0 aromatic carbocycles. The zero-order chi connectivity index (χ0) is 13.1. The standard InChI is InChI=1S/C12H8O5S/c13-9(5-10(14)12(15)16)8-1-3-17-11(8)7-2-4-18-6-7/h1-6,14H,(H,15,16). The lowest BCUT2D eigenvalue weighted by Crippen LogP contribution is -2.03. The van der Waals surface area contributed by atoms with Gasteiger partial charge in [0.15, 0.2) is 5.78 Å². The molecule has 0 saturated carbocycles. The summed E-state index contributed by atoms with van der Waals surface area (Å²) >= 11 is 1.45. The number of aliphatic carboxylic acids is 1. The van der Waals surface area contributed by atoms with Crippen LogP contribution in [0, 0.1) is 0 Å². The Balaban J connectivity index is 2.36. The number of aliphatic hydroxyl groups excluding tert-OH is 1. The quantitative estimate of drug-likeness (QED) is 0.503. The lowest BCUT2D eigenvalue weighted by molar-refractivity contribution is -0.135. The van der Waals surface area contributed by atoms with E-state index in [9.17, 15) is 9.59 Å². The van der Waals surface area contributed by atoms with E-state index >= 15 is 0 Å². The molecule has 0 amide bonds. The minimum atomic E-state index is -1.55. The molecular weight excluding hydrogens is 256 g/mol. The van der Waals surface area contributed by atoms with Gasteiger partial charge in [-0.25, -0.2) is 4.79 Å². The van der Waals surface area contributed by atoms with E-state index in [1.54, 1.807) is 11.4 Å². The van der Waals surface area contributed by atoms with Crippen LogP contribution in [-0.2, 0) is 4.79 Å². The molecule has 0 atom stereocenters. The van der Waals surface area contributed by atoms with Crippen molar-refractivity contribution in [2.75, 3.05) is 0 Å². The van der Waals surface area contributed by atoms with Crippen molar-refractivity contribution in [3.63, 3.8) is 0 Å². The highest BCUT2D eigenvalue weighted by Gasteiger charge is 2.17. The first-order valence-corrected chi connectivity index (χ1v) is 5.82. The minimum Gasteiger partial charge on any atom is -0.502 e. The van der Waals surface area contributed by atoms with E-state index in [1.165, 1.54) is 23.7 Å². The van der Waals surface area contributed by atoms with Crippen LogP contribution in [0.5, 0.6) is 0 Å². The van der Waals surface area contributed by atoms with E-state index in [2.05, 4.69) is 0 Å². The van der Waals surface area contributed by atoms with Crippen molar-refractivity contribution in [3.05, 3.63) is 46.6 Å². The molecule has 0 spiro atoms. The van der Waals surface area contributed by atoms with Crippen LogP contribution in [-0.4, -0.2) is 22.0 Å². The van der Waals surface area contributed by atoms with Gasteiger partial charge in [0.2, 0.25) is 5.76 Å². The predicted molar refractivity (Wildman–Crippen MR) is 64.7 cm³/mol. The third kappa shape index (κ3) is 2.33. The molecule has 0 bridgehead atoms. The Bertz CT molecular complexity index is 606. The fourth-order valence-corrected chi connectivity index (χ4v) is 2.02. The molecule has 2 aromatic heterocycles. The van der Waals surface area contributed by atoms with Gasteiger partial charge in [0.05, 0.1) is 11.8 Å². The first-order chi connectivity index (χ1) is 8.59. The first kappa shape index (κ1) is 12.1. The smallest absolute Gasteiger partial charge is 0.371 e. The Morgan fingerprint density at radius 1 is 1.28 bits per heavy atom. The molecule has 2 heterocycles. The van der Waals surface area contributed by atoms with Crippen LogP contribution in [0.1, 0.15) is 10.4 Å². The largest absolute Gasteiger partial charge is 0.502 e. The van der Waals surface area contributed by atoms with Gasteiger partial charge in [0.25, 0.3) is 0 Å². The second kappa shape index (κ2) is 4.89. The first-order valence-electron chi connectivity index (χ1n) is 4.88. The van der Waals surface area contributed by atoms with Gasteiger partial charge in [-0.2, -0.15) is 11.3 Å². The van der Waals surface area contributed by atoms with Crippen LogP contribution >= 0.6 is 11.3 Å². The summed E-state index contributed by atoms with van der Waals surface area (Å²) in [6.07, 6.45) is 1.99. The predicted octanol–water partition coefficient (Wildman–Crippen LogP) is 2.72. The summed E-state index contributed by atoms with van der Waals surface area (Å²) in [5, 5.41) is 21.2. The van der Waals surface area contributed by atoms with Crippen molar-refractivity contribution in [2.45, 2.75) is 0 Å². The zero-order valence-electron chi connectivity index (χ0n) is 8.99. The van der Waals surface area contributed by atoms with Gasteiger partial charge >= 0.3 is 5.97 Å². The molecule has 5 nitrogen and oxygen atoms in total. The normalized spacial score (nSPS) is 11.4. The van der Waals surface area contributed by atoms with Gasteiger partial charge in [0.1, 0.15) is 5.76 Å². The number of hydrogen-bond donors (Lipinski definition) is 2. The molecule has 0 aliphatic rings. The van der Waals surface area contributed by atoms with E-state index < -0.39 is 17.5 Å². The van der Waals surface area contributed by atoms with Crippen molar-refractivity contribution in [1.29, 1.82) is 0 Å². The monoisotopic (exact) mass is 264 g/mol. The average molecular weight is 264 g/mol. The number of carboxylic acid groups (broad SMARTS) is 1. The van der Waals surface area contributed by atoms with Gasteiger partial charge in [-0.1, -0.05) is 0 Å². The minimum absolute atomic E-state index is 0.209. The molecule has 2 N–H and O–H groups in total. The van der Waals surface area contributed by atoms with Gasteiger partial charge in [-0.15, -0.1) is 0 Å². The summed E-state index contributed by atoms with van der Waals surface area (Å²) in [4.78, 5) is 22.2. The molecule has 2 rings (SSSR count). The molecule has 0 aliphatic heterocycles. The van der Waals surface area contributed by atoms with E-state index in [4.69, 9.17) is 14.6 Å². The number of thiophene rings is 1. The van der Waals surface area contributed by atoms with Crippen molar-refractivity contribution in [1.82, 2.24) is 0 Å². The number of furan rings is 1. The molecule has 0 aliphatic carbocycles. The molecular formula is C12H8O5S. The lowest BCUT2D eigenvalue weighted by atomic mass is 10.1. The molecule has 0 unspecified atom stereocenters. The Hall–Kier alpha value is -2.34. The highest BCUT2D eigenvalue weighted by atomic mass is 32.1. The molecule has 92 valence electrons. The van der Waals surface area contributed by atoms with E-state index in [0.29, 0.717) is 11.8 Å². The summed E-state index contributed by atoms with van der Waals surface area (Å²) in [5.41, 5.74) is 0.942. The fourth-order valence-electron chi connectivity index (χ4n) is 1.38. The van der Waals surface area contributed by atoms with E-state index in [-0.39, 0.29) is 5.56 Å². The van der Waals surface area contributed by atoms with E-state index in [0.717, 1.165) is 5.56 Å². The van der Waals surface area contributed by atoms with Crippen LogP contribution in [0.2, 0.25) is 0 Å². The molecule has 0 saturated heterocycles. The maximum absolute atomic E-state index is 11.8. The zero-order valence-corrected chi connectivity index (χ0v) is 9.81. The second-order valence-electron chi connectivity index (χ2n) is 3.37. The fraction of sp³-hybridized carbons (Fsp3) is 0. The summed E-state index contributed by atoms with van der Waals surface area (Å²) < 4.78 is 5.20. The Morgan fingerprint density at radius 2 is 2.06 bits per heavy atom. The number of carbonyl (C=O) groups excluding carboxylic acids is 1. The number of ketones is 1. The van der Waals surface area contributed by atoms with E-state index in [1.807, 2.05) is 5.38 Å². The topological polar surface area (TPSA) is 87.7 Å². The van der Waals surface area contributed by atoms with Crippen molar-refractivity contribution in [3.8, 4) is 11.3 Å². The van der Waals surface area contributed by atoms with Crippen LogP contribution in [0.25, 0.3) is 11.3 Å². The number of rotatable bonds is 4. The lowest BCUT2D eigenvalue weighted by Gasteiger charge is -1.97. The number of carboxylic acids is 1. The van der Waals surface area contributed by atoms with Gasteiger partial charge in [-0.05, 0) is 17.5 Å². The summed E-state index contributed by atoms with van der Waals surface area (Å²) in [6.45, 7) is 0. The number of hydrogen-bond acceptors (Lipinski definition) is 5. The van der Waals surface area contributed by atoms with Gasteiger partial charge < -0.3 is 14.6 Å². The number of aliphatic hydroxyl groups is 1. The SMILES string of the molecule is O=C(O)C(O)=CC(=O)c1ccoc1-c1ccsc1. The van der Waals surface area contributed by atoms with Gasteiger partial charge in [-0.3, -0.25) is 4.79 Å². The molecule has 18 heavy (non-hydrogen) atoms. The van der Waals surface area contributed by atoms with Crippen LogP contribution in [0.3, 0.4) is 0 Å². The maximum Gasteiger partial charge on any atom is 0.371 e. The third-order valence-electron chi connectivity index (χ3n) is 2.20. The number of carbonyl (C=O) groups is 2. The van der Waals surface area contributed by atoms with Crippen LogP contribution < -0.4 is 0 Å². The Labute approximate surface area is 106 Å². The second-order valence-corrected chi connectivity index (χ2v) is 4.15. The van der Waals surface area contributed by atoms with Crippen LogP contribution in [0.15, 0.2) is 45.4 Å². The molecule has 2 aromatic rings. The van der Waals surface area contributed by atoms with Gasteiger partial charge in [0, 0.05) is 17.0 Å². The Kier molecular flexibility index (Phi) is 3.29. The van der Waals surface area contributed by atoms with Crippen molar-refractivity contribution < 1.29 is 24.2 Å². The maximum atomic E-state index is 11.8.